The Balaban J connectivity index is 1.83. The maximum Gasteiger partial charge on any atom is 0.410 e. The van der Waals surface area contributed by atoms with E-state index in [1.54, 1.807) is 9.80 Å². The normalized spacial score (nSPS) is 19.2. The first kappa shape index (κ1) is 22.1. The van der Waals surface area contributed by atoms with E-state index in [0.29, 0.717) is 44.8 Å². The molecule has 9 nitrogen and oxygen atoms in total. The Kier molecular flexibility index (Phi) is 6.36. The Morgan fingerprint density at radius 3 is 2.63 bits per heavy atom. The minimum absolute atomic E-state index is 0.0364. The van der Waals surface area contributed by atoms with Crippen molar-refractivity contribution in [2.45, 2.75) is 58.7 Å². The molecule has 2 amide bonds. The first-order chi connectivity index (χ1) is 14.1. The van der Waals surface area contributed by atoms with Crippen molar-refractivity contribution in [3.05, 3.63) is 16.5 Å². The number of hydrogen-bond acceptors (Lipinski definition) is 7. The molecule has 0 bridgehead atoms. The van der Waals surface area contributed by atoms with Crippen LogP contribution in [-0.2, 0) is 22.5 Å². The molecular formula is C20H27ClN6O3. The predicted molar refractivity (Wildman–Crippen MR) is 111 cm³/mol. The van der Waals surface area contributed by atoms with Crippen LogP contribution in [0, 0.1) is 11.3 Å². The van der Waals surface area contributed by atoms with Gasteiger partial charge in [0, 0.05) is 38.7 Å². The maximum absolute atomic E-state index is 12.5. The number of piperazine rings is 1. The van der Waals surface area contributed by atoms with Crippen molar-refractivity contribution in [2.75, 3.05) is 31.1 Å². The van der Waals surface area contributed by atoms with Crippen LogP contribution in [0.1, 0.15) is 45.4 Å². The molecule has 2 aliphatic rings. The summed E-state index contributed by atoms with van der Waals surface area (Å²) in [4.78, 5) is 38.6. The van der Waals surface area contributed by atoms with Crippen LogP contribution in [0.25, 0.3) is 0 Å². The van der Waals surface area contributed by atoms with Crippen LogP contribution in [-0.4, -0.2) is 69.6 Å². The van der Waals surface area contributed by atoms with Crippen molar-refractivity contribution in [1.82, 2.24) is 19.8 Å². The topological polar surface area (TPSA) is 103 Å². The summed E-state index contributed by atoms with van der Waals surface area (Å²) in [6.45, 7) is 9.43. The van der Waals surface area contributed by atoms with Gasteiger partial charge >= 0.3 is 6.09 Å². The number of aromatic nitrogens is 2. The van der Waals surface area contributed by atoms with Gasteiger partial charge in [-0.2, -0.15) is 5.26 Å². The number of nitrogens with zero attached hydrogens (tertiary/aromatic N) is 6. The third-order valence-corrected chi connectivity index (χ3v) is 5.35. The fourth-order valence-corrected chi connectivity index (χ4v) is 4.05. The molecule has 1 atom stereocenters. The third kappa shape index (κ3) is 4.93. The quantitative estimate of drug-likeness (QED) is 0.658. The lowest BCUT2D eigenvalue weighted by Gasteiger charge is -2.42. The number of rotatable bonds is 2. The molecule has 0 N–H and O–H groups in total. The van der Waals surface area contributed by atoms with E-state index in [1.807, 2.05) is 20.8 Å². The number of halogens is 1. The van der Waals surface area contributed by atoms with Crippen LogP contribution in [0.5, 0.6) is 0 Å². The van der Waals surface area contributed by atoms with Gasteiger partial charge in [0.2, 0.25) is 11.2 Å². The second kappa shape index (κ2) is 8.64. The van der Waals surface area contributed by atoms with E-state index >= 15 is 0 Å². The summed E-state index contributed by atoms with van der Waals surface area (Å²) in [5.41, 5.74) is 1.08. The van der Waals surface area contributed by atoms with Crippen molar-refractivity contribution in [1.29, 1.82) is 5.26 Å². The average molecular weight is 435 g/mol. The molecule has 2 aliphatic heterocycles. The summed E-state index contributed by atoms with van der Waals surface area (Å²) in [6.07, 6.45) is 0.453. The lowest BCUT2D eigenvalue weighted by Crippen LogP contribution is -2.55. The Labute approximate surface area is 181 Å². The smallest absolute Gasteiger partial charge is 0.410 e. The molecule has 0 radical (unpaired) electrons. The summed E-state index contributed by atoms with van der Waals surface area (Å²) >= 11 is 6.21. The number of fused-ring (bicyclic) bond motifs is 1. The number of nitriles is 1. The van der Waals surface area contributed by atoms with Gasteiger partial charge in [0.05, 0.1) is 30.8 Å². The van der Waals surface area contributed by atoms with Crippen LogP contribution < -0.4 is 4.90 Å². The van der Waals surface area contributed by atoms with E-state index in [1.165, 1.54) is 6.92 Å². The largest absolute Gasteiger partial charge is 0.444 e. The van der Waals surface area contributed by atoms with E-state index in [4.69, 9.17) is 16.3 Å². The second-order valence-electron chi connectivity index (χ2n) is 8.57. The highest BCUT2D eigenvalue weighted by molar-refractivity contribution is 6.28. The van der Waals surface area contributed by atoms with Crippen molar-refractivity contribution in [2.24, 2.45) is 0 Å². The Bertz CT molecular complexity index is 879. The lowest BCUT2D eigenvalue weighted by molar-refractivity contribution is -0.131. The number of ether oxygens (including phenoxy) is 1. The molecule has 0 saturated carbocycles. The zero-order chi connectivity index (χ0) is 22.1. The fourth-order valence-electron chi connectivity index (χ4n) is 3.87. The van der Waals surface area contributed by atoms with Crippen molar-refractivity contribution >= 4 is 29.4 Å². The maximum atomic E-state index is 12.5. The Morgan fingerprint density at radius 2 is 2.00 bits per heavy atom. The Morgan fingerprint density at radius 1 is 1.27 bits per heavy atom. The highest BCUT2D eigenvalue weighted by Crippen LogP contribution is 2.30. The van der Waals surface area contributed by atoms with Gasteiger partial charge < -0.3 is 19.4 Å². The zero-order valence-electron chi connectivity index (χ0n) is 17.8. The van der Waals surface area contributed by atoms with Gasteiger partial charge in [-0.3, -0.25) is 4.79 Å². The Hall–Kier alpha value is -2.60. The standard InChI is InChI=1S/C20H27ClN6O3/c1-13(28)27-10-9-25(11-14(27)5-7-22)17-15-6-8-26(19(29)30-20(2,3)4)12-16(15)23-18(21)24-17/h14H,5-6,8-12H2,1-4H3/t14-/m0/s1. The van der Waals surface area contributed by atoms with Crippen LogP contribution in [0.2, 0.25) is 5.28 Å². The lowest BCUT2D eigenvalue weighted by atomic mass is 10.0. The zero-order valence-corrected chi connectivity index (χ0v) is 18.6. The molecule has 0 unspecified atom stereocenters. The molecule has 1 saturated heterocycles. The van der Waals surface area contributed by atoms with Gasteiger partial charge in [-0.05, 0) is 38.8 Å². The molecular weight excluding hydrogens is 408 g/mol. The van der Waals surface area contributed by atoms with Crippen LogP contribution >= 0.6 is 11.6 Å². The predicted octanol–water partition coefficient (Wildman–Crippen LogP) is 2.37. The van der Waals surface area contributed by atoms with Crippen molar-refractivity contribution < 1.29 is 14.3 Å². The van der Waals surface area contributed by atoms with E-state index < -0.39 is 5.60 Å². The molecule has 0 spiro atoms. The number of amides is 2. The molecule has 0 aromatic carbocycles. The second-order valence-corrected chi connectivity index (χ2v) is 8.91. The number of carbonyl (C=O) groups is 2. The molecule has 3 heterocycles. The van der Waals surface area contributed by atoms with Gasteiger partial charge in [0.1, 0.15) is 11.4 Å². The van der Waals surface area contributed by atoms with E-state index in [9.17, 15) is 14.9 Å². The molecule has 30 heavy (non-hydrogen) atoms. The van der Waals surface area contributed by atoms with Crippen molar-refractivity contribution in [3.8, 4) is 6.07 Å². The summed E-state index contributed by atoms with van der Waals surface area (Å²) in [6, 6.07) is 1.97. The van der Waals surface area contributed by atoms with Gasteiger partial charge in [-0.15, -0.1) is 0 Å². The van der Waals surface area contributed by atoms with E-state index in [0.717, 1.165) is 11.4 Å². The summed E-state index contributed by atoms with van der Waals surface area (Å²) in [5, 5.41) is 9.28. The van der Waals surface area contributed by atoms with Gasteiger partial charge in [0.15, 0.2) is 0 Å². The minimum Gasteiger partial charge on any atom is -0.444 e. The minimum atomic E-state index is -0.571. The van der Waals surface area contributed by atoms with E-state index in [2.05, 4.69) is 20.9 Å². The third-order valence-electron chi connectivity index (χ3n) is 5.18. The van der Waals surface area contributed by atoms with Crippen LogP contribution in [0.3, 0.4) is 0 Å². The first-order valence-corrected chi connectivity index (χ1v) is 10.4. The van der Waals surface area contributed by atoms with Gasteiger partial charge in [-0.25, -0.2) is 14.8 Å². The number of hydrogen-bond donors (Lipinski definition) is 0. The summed E-state index contributed by atoms with van der Waals surface area (Å²) in [7, 11) is 0. The fraction of sp³-hybridized carbons (Fsp3) is 0.650. The van der Waals surface area contributed by atoms with Crippen LogP contribution in [0.4, 0.5) is 10.6 Å². The van der Waals surface area contributed by atoms with E-state index in [-0.39, 0.29) is 29.7 Å². The molecule has 3 rings (SSSR count). The molecule has 1 fully saturated rings. The molecule has 1 aromatic rings. The summed E-state index contributed by atoms with van der Waals surface area (Å²) in [5.74, 6) is 0.686. The number of carbonyl (C=O) groups excluding carboxylic acids is 2. The van der Waals surface area contributed by atoms with Gasteiger partial charge in [-0.1, -0.05) is 0 Å². The average Bonchev–Trinajstić information content (AvgIpc) is 2.65. The van der Waals surface area contributed by atoms with Crippen LogP contribution in [0.15, 0.2) is 0 Å². The SMILES string of the molecule is CC(=O)N1CCN(c2nc(Cl)nc3c2CCN(C(=O)OC(C)(C)C)C3)C[C@@H]1CC#N. The first-order valence-electron chi connectivity index (χ1n) is 10.0. The summed E-state index contributed by atoms with van der Waals surface area (Å²) < 4.78 is 5.48. The number of anilines is 1. The molecule has 10 heteroatoms. The molecule has 162 valence electrons. The van der Waals surface area contributed by atoms with Crippen molar-refractivity contribution in [3.63, 3.8) is 0 Å². The monoisotopic (exact) mass is 434 g/mol. The molecule has 0 aliphatic carbocycles. The highest BCUT2D eigenvalue weighted by Gasteiger charge is 2.33. The highest BCUT2D eigenvalue weighted by atomic mass is 35.5. The molecule has 1 aromatic heterocycles. The van der Waals surface area contributed by atoms with Gasteiger partial charge in [0.25, 0.3) is 0 Å².